The maximum Gasteiger partial charge on any atom is 0.198 e. The molecule has 0 amide bonds. The predicted octanol–water partition coefficient (Wildman–Crippen LogP) is 3.62. The first-order valence-corrected chi connectivity index (χ1v) is 9.25. The average molecular weight is 390 g/mol. The molecule has 0 aromatic carbocycles. The second-order valence-corrected chi connectivity index (χ2v) is 6.81. The van der Waals surface area contributed by atoms with E-state index in [4.69, 9.17) is 4.74 Å². The van der Waals surface area contributed by atoms with Gasteiger partial charge in [0, 0.05) is 30.5 Å². The lowest BCUT2D eigenvalue weighted by atomic mass is 10.0. The summed E-state index contributed by atoms with van der Waals surface area (Å²) in [5, 5.41) is 15.6. The summed E-state index contributed by atoms with van der Waals surface area (Å²) in [4.78, 5) is 16.3. The van der Waals surface area contributed by atoms with E-state index in [2.05, 4.69) is 25.0 Å². The van der Waals surface area contributed by atoms with Gasteiger partial charge in [-0.1, -0.05) is 0 Å². The van der Waals surface area contributed by atoms with Gasteiger partial charge in [0.2, 0.25) is 0 Å². The van der Waals surface area contributed by atoms with E-state index < -0.39 is 0 Å². The smallest absolute Gasteiger partial charge is 0.198 e. The molecule has 4 aromatic rings. The van der Waals surface area contributed by atoms with Crippen LogP contribution in [-0.2, 0) is 11.3 Å². The van der Waals surface area contributed by atoms with Crippen molar-refractivity contribution in [2.24, 2.45) is 4.99 Å². The zero-order valence-electron chi connectivity index (χ0n) is 16.5. The van der Waals surface area contributed by atoms with Crippen molar-refractivity contribution in [2.75, 3.05) is 13.7 Å². The van der Waals surface area contributed by atoms with Gasteiger partial charge in [-0.05, 0) is 31.5 Å². The van der Waals surface area contributed by atoms with Gasteiger partial charge in [-0.2, -0.15) is 5.10 Å². The number of hydrogen-bond donors (Lipinski definition) is 2. The van der Waals surface area contributed by atoms with Crippen molar-refractivity contribution in [1.82, 2.24) is 24.7 Å². The van der Waals surface area contributed by atoms with Crippen LogP contribution in [0.2, 0.25) is 0 Å². The molecule has 0 fully saturated rings. The summed E-state index contributed by atoms with van der Waals surface area (Å²) < 4.78 is 6.85. The van der Waals surface area contributed by atoms with E-state index in [1.807, 2.05) is 32.2 Å². The number of aromatic amines is 1. The first-order valence-electron chi connectivity index (χ1n) is 9.25. The highest BCUT2D eigenvalue weighted by atomic mass is 16.5. The molecule has 148 valence electrons. The maximum absolute atomic E-state index is 10.5. The molecular formula is C21H22N6O2. The van der Waals surface area contributed by atoms with Gasteiger partial charge < -0.3 is 14.8 Å². The molecule has 8 heteroatoms. The van der Waals surface area contributed by atoms with E-state index in [-0.39, 0.29) is 5.88 Å². The van der Waals surface area contributed by atoms with E-state index in [1.54, 1.807) is 36.6 Å². The number of methoxy groups -OCH3 is 1. The molecule has 29 heavy (non-hydrogen) atoms. The van der Waals surface area contributed by atoms with E-state index in [0.717, 1.165) is 27.7 Å². The van der Waals surface area contributed by atoms with Crippen LogP contribution < -0.4 is 0 Å². The highest BCUT2D eigenvalue weighted by Gasteiger charge is 2.16. The third-order valence-corrected chi connectivity index (χ3v) is 4.78. The van der Waals surface area contributed by atoms with Crippen LogP contribution in [-0.4, -0.2) is 49.3 Å². The molecule has 0 aliphatic heterocycles. The SMILES string of the molecule is COCCn1cc(N=C(C)c2c(O)[nH]c3cnc(-c4cnccc4C)cc23)cn1. The fraction of sp³-hybridized carbons (Fsp3) is 0.238. The van der Waals surface area contributed by atoms with Crippen LogP contribution >= 0.6 is 0 Å². The van der Waals surface area contributed by atoms with Crippen molar-refractivity contribution < 1.29 is 9.84 Å². The highest BCUT2D eigenvalue weighted by molar-refractivity contribution is 6.13. The van der Waals surface area contributed by atoms with Crippen LogP contribution in [0.15, 0.2) is 48.1 Å². The number of aromatic hydroxyl groups is 1. The van der Waals surface area contributed by atoms with Crippen molar-refractivity contribution in [3.05, 3.63) is 54.2 Å². The van der Waals surface area contributed by atoms with Gasteiger partial charge in [0.15, 0.2) is 5.88 Å². The number of aromatic nitrogens is 5. The Morgan fingerprint density at radius 3 is 2.97 bits per heavy atom. The number of fused-ring (bicyclic) bond motifs is 1. The fourth-order valence-electron chi connectivity index (χ4n) is 3.29. The molecular weight excluding hydrogens is 368 g/mol. The average Bonchev–Trinajstić information content (AvgIpc) is 3.29. The Labute approximate surface area is 167 Å². The summed E-state index contributed by atoms with van der Waals surface area (Å²) in [6.45, 7) is 5.12. The third-order valence-electron chi connectivity index (χ3n) is 4.78. The number of aryl methyl sites for hydroxylation is 1. The summed E-state index contributed by atoms with van der Waals surface area (Å²) in [7, 11) is 1.66. The zero-order chi connectivity index (χ0) is 20.4. The van der Waals surface area contributed by atoms with Crippen molar-refractivity contribution in [2.45, 2.75) is 20.4 Å². The number of hydrogen-bond acceptors (Lipinski definition) is 6. The number of nitrogens with one attached hydrogen (secondary N) is 1. The summed E-state index contributed by atoms with van der Waals surface area (Å²) >= 11 is 0. The predicted molar refractivity (Wildman–Crippen MR) is 112 cm³/mol. The first-order chi connectivity index (χ1) is 14.1. The summed E-state index contributed by atoms with van der Waals surface area (Å²) in [6.07, 6.45) is 8.81. The van der Waals surface area contributed by atoms with Gasteiger partial charge in [-0.15, -0.1) is 0 Å². The molecule has 0 radical (unpaired) electrons. The van der Waals surface area contributed by atoms with Gasteiger partial charge in [0.1, 0.15) is 5.69 Å². The molecule has 2 N–H and O–H groups in total. The molecule has 0 unspecified atom stereocenters. The minimum atomic E-state index is 0.0647. The monoisotopic (exact) mass is 390 g/mol. The van der Waals surface area contributed by atoms with Gasteiger partial charge >= 0.3 is 0 Å². The van der Waals surface area contributed by atoms with Gasteiger partial charge in [0.05, 0.1) is 54.2 Å². The Hall–Kier alpha value is -3.52. The van der Waals surface area contributed by atoms with Crippen LogP contribution in [0.3, 0.4) is 0 Å². The molecule has 0 bridgehead atoms. The zero-order valence-corrected chi connectivity index (χ0v) is 16.5. The lowest BCUT2D eigenvalue weighted by Gasteiger charge is -2.05. The molecule has 0 aliphatic carbocycles. The van der Waals surface area contributed by atoms with Gasteiger partial charge in [-0.25, -0.2) is 4.99 Å². The molecule has 0 saturated carbocycles. The van der Waals surface area contributed by atoms with E-state index >= 15 is 0 Å². The van der Waals surface area contributed by atoms with Gasteiger partial charge in [0.25, 0.3) is 0 Å². The normalized spacial score (nSPS) is 12.0. The molecule has 0 aliphatic rings. The van der Waals surface area contributed by atoms with Crippen molar-refractivity contribution >= 4 is 22.3 Å². The number of rotatable bonds is 6. The Bertz CT molecular complexity index is 1190. The second kappa shape index (κ2) is 7.84. The first kappa shape index (κ1) is 18.8. The number of nitrogens with zero attached hydrogens (tertiary/aromatic N) is 5. The molecule has 4 aromatic heterocycles. The molecule has 0 atom stereocenters. The summed E-state index contributed by atoms with van der Waals surface area (Å²) in [5.41, 5.74) is 5.62. The lowest BCUT2D eigenvalue weighted by Crippen LogP contribution is -2.03. The maximum atomic E-state index is 10.5. The number of aliphatic imine (C=N–C) groups is 1. The van der Waals surface area contributed by atoms with Crippen LogP contribution in [0.5, 0.6) is 5.88 Å². The number of ether oxygens (including phenoxy) is 1. The Morgan fingerprint density at radius 1 is 1.31 bits per heavy atom. The fourth-order valence-corrected chi connectivity index (χ4v) is 3.29. The van der Waals surface area contributed by atoms with E-state index in [1.165, 1.54) is 0 Å². The largest absolute Gasteiger partial charge is 0.494 e. The minimum Gasteiger partial charge on any atom is -0.494 e. The molecule has 0 spiro atoms. The van der Waals surface area contributed by atoms with E-state index in [0.29, 0.717) is 30.1 Å². The molecule has 4 rings (SSSR count). The quantitative estimate of drug-likeness (QED) is 0.490. The Kier molecular flexibility index (Phi) is 5.09. The molecule has 0 saturated heterocycles. The van der Waals surface area contributed by atoms with Crippen molar-refractivity contribution in [3.8, 4) is 17.1 Å². The van der Waals surface area contributed by atoms with Crippen LogP contribution in [0, 0.1) is 6.92 Å². The third kappa shape index (κ3) is 3.74. The van der Waals surface area contributed by atoms with Gasteiger partial charge in [-0.3, -0.25) is 14.6 Å². The Morgan fingerprint density at radius 2 is 2.17 bits per heavy atom. The number of H-pyrrole nitrogens is 1. The summed E-state index contributed by atoms with van der Waals surface area (Å²) in [5.74, 6) is 0.0647. The topological polar surface area (TPSA) is 101 Å². The van der Waals surface area contributed by atoms with Crippen LogP contribution in [0.1, 0.15) is 18.1 Å². The summed E-state index contributed by atoms with van der Waals surface area (Å²) in [6, 6.07) is 3.90. The van der Waals surface area contributed by atoms with Crippen molar-refractivity contribution in [3.63, 3.8) is 0 Å². The minimum absolute atomic E-state index is 0.0647. The standard InChI is InChI=1S/C21H22N6O2/c1-13-4-5-22-10-17(13)18-8-16-19(11-23-18)26-21(28)20(16)14(2)25-15-9-24-27(12-15)6-7-29-3/h4-5,8-12,26,28H,6-7H2,1-3H3. The number of pyridine rings is 2. The molecule has 8 nitrogen and oxygen atoms in total. The van der Waals surface area contributed by atoms with Crippen molar-refractivity contribution in [1.29, 1.82) is 0 Å². The molecule has 4 heterocycles. The lowest BCUT2D eigenvalue weighted by molar-refractivity contribution is 0.183. The Balaban J connectivity index is 1.74. The van der Waals surface area contributed by atoms with Crippen LogP contribution in [0.4, 0.5) is 5.69 Å². The second-order valence-electron chi connectivity index (χ2n) is 6.81. The van der Waals surface area contributed by atoms with Crippen LogP contribution in [0.25, 0.3) is 22.2 Å². The highest BCUT2D eigenvalue weighted by Crippen LogP contribution is 2.31. The van der Waals surface area contributed by atoms with E-state index in [9.17, 15) is 5.11 Å².